The SMILES string of the molecule is N/N=C(/CCCCNC(=O)c1nc(-c2nccs2)sc1C1CC1)C(F)(F)F. The van der Waals surface area contributed by atoms with Crippen molar-refractivity contribution in [1.29, 1.82) is 0 Å². The van der Waals surface area contributed by atoms with Gasteiger partial charge >= 0.3 is 6.18 Å². The summed E-state index contributed by atoms with van der Waals surface area (Å²) >= 11 is 2.96. The molecular formula is C16H18F3N5OS2. The highest BCUT2D eigenvalue weighted by molar-refractivity contribution is 7.20. The number of nitrogens with zero attached hydrogens (tertiary/aromatic N) is 3. The van der Waals surface area contributed by atoms with Gasteiger partial charge in [0.1, 0.15) is 11.4 Å². The van der Waals surface area contributed by atoms with Gasteiger partial charge in [-0.1, -0.05) is 0 Å². The van der Waals surface area contributed by atoms with Crippen molar-refractivity contribution in [2.24, 2.45) is 10.9 Å². The molecule has 2 heterocycles. The first-order chi connectivity index (χ1) is 12.9. The van der Waals surface area contributed by atoms with E-state index in [0.29, 0.717) is 18.0 Å². The van der Waals surface area contributed by atoms with Crippen LogP contribution in [0.2, 0.25) is 0 Å². The van der Waals surface area contributed by atoms with E-state index in [2.05, 4.69) is 20.4 Å². The van der Waals surface area contributed by atoms with Crippen molar-refractivity contribution < 1.29 is 18.0 Å². The molecule has 1 amide bonds. The molecule has 27 heavy (non-hydrogen) atoms. The van der Waals surface area contributed by atoms with Gasteiger partial charge in [-0.05, 0) is 38.0 Å². The number of nitrogens with one attached hydrogen (secondary N) is 1. The fourth-order valence-electron chi connectivity index (χ4n) is 2.52. The van der Waals surface area contributed by atoms with Gasteiger partial charge in [-0.2, -0.15) is 18.3 Å². The van der Waals surface area contributed by atoms with Crippen LogP contribution in [-0.4, -0.2) is 34.3 Å². The standard InChI is InChI=1S/C16H18F3N5OS2/c17-16(18,19)10(24-20)3-1-2-6-21-13(25)11-12(9-4-5-9)27-15(23-11)14-22-7-8-26-14/h7-9H,1-6,20H2,(H,21,25)/b24-10-. The molecule has 6 nitrogen and oxygen atoms in total. The Kier molecular flexibility index (Phi) is 6.10. The van der Waals surface area contributed by atoms with Gasteiger partial charge < -0.3 is 11.2 Å². The van der Waals surface area contributed by atoms with Crippen LogP contribution in [0.5, 0.6) is 0 Å². The molecule has 0 unspecified atom stereocenters. The van der Waals surface area contributed by atoms with Crippen LogP contribution in [0.15, 0.2) is 16.7 Å². The number of hydrogen-bond donors (Lipinski definition) is 2. The third-order valence-electron chi connectivity index (χ3n) is 4.04. The second kappa shape index (κ2) is 8.34. The van der Waals surface area contributed by atoms with Crippen LogP contribution in [0.3, 0.4) is 0 Å². The largest absolute Gasteiger partial charge is 0.431 e. The summed E-state index contributed by atoms with van der Waals surface area (Å²) in [5.41, 5.74) is -0.579. The van der Waals surface area contributed by atoms with Gasteiger partial charge in [-0.15, -0.1) is 22.7 Å². The van der Waals surface area contributed by atoms with E-state index < -0.39 is 11.9 Å². The zero-order chi connectivity index (χ0) is 19.4. The molecule has 1 fully saturated rings. The van der Waals surface area contributed by atoms with Gasteiger partial charge in [-0.3, -0.25) is 4.79 Å². The minimum absolute atomic E-state index is 0.229. The first-order valence-electron chi connectivity index (χ1n) is 8.43. The third kappa shape index (κ3) is 5.04. The Labute approximate surface area is 161 Å². The number of rotatable bonds is 8. The van der Waals surface area contributed by atoms with Crippen LogP contribution < -0.4 is 11.2 Å². The molecule has 0 aromatic carbocycles. The Morgan fingerprint density at radius 2 is 2.11 bits per heavy atom. The molecule has 1 saturated carbocycles. The van der Waals surface area contributed by atoms with Crippen molar-refractivity contribution in [2.45, 2.75) is 44.2 Å². The molecule has 0 radical (unpaired) electrons. The molecule has 0 aliphatic heterocycles. The van der Waals surface area contributed by atoms with Crippen molar-refractivity contribution in [3.63, 3.8) is 0 Å². The number of halogens is 3. The monoisotopic (exact) mass is 417 g/mol. The van der Waals surface area contributed by atoms with Crippen LogP contribution in [-0.2, 0) is 0 Å². The Morgan fingerprint density at radius 1 is 1.33 bits per heavy atom. The zero-order valence-electron chi connectivity index (χ0n) is 14.3. The fourth-order valence-corrected chi connectivity index (χ4v) is 4.43. The number of thiazole rings is 2. The molecule has 2 aromatic heterocycles. The van der Waals surface area contributed by atoms with Crippen molar-refractivity contribution in [3.8, 4) is 10.0 Å². The normalized spacial score (nSPS) is 15.1. The molecule has 3 N–H and O–H groups in total. The van der Waals surface area contributed by atoms with Crippen molar-refractivity contribution in [2.75, 3.05) is 6.54 Å². The molecule has 3 rings (SSSR count). The third-order valence-corrected chi connectivity index (χ3v) is 6.17. The number of hydrazone groups is 1. The van der Waals surface area contributed by atoms with Crippen LogP contribution in [0.1, 0.15) is 53.4 Å². The lowest BCUT2D eigenvalue weighted by atomic mass is 10.1. The second-order valence-electron chi connectivity index (χ2n) is 6.13. The average Bonchev–Trinajstić information content (AvgIpc) is 3.14. The topological polar surface area (TPSA) is 93.3 Å². The number of amides is 1. The van der Waals surface area contributed by atoms with E-state index in [-0.39, 0.29) is 25.3 Å². The Bertz CT molecular complexity index is 813. The maximum absolute atomic E-state index is 12.5. The summed E-state index contributed by atoms with van der Waals surface area (Å²) in [6, 6.07) is 0. The van der Waals surface area contributed by atoms with E-state index in [0.717, 1.165) is 27.7 Å². The first-order valence-corrected chi connectivity index (χ1v) is 10.1. The Morgan fingerprint density at radius 3 is 2.70 bits per heavy atom. The summed E-state index contributed by atoms with van der Waals surface area (Å²) in [6.45, 7) is 0.267. The quantitative estimate of drug-likeness (QED) is 0.295. The molecule has 1 aliphatic carbocycles. The number of nitrogens with two attached hydrogens (primary N) is 1. The minimum Gasteiger partial charge on any atom is -0.351 e. The number of carbonyl (C=O) groups excluding carboxylic acids is 1. The molecule has 0 spiro atoms. The lowest BCUT2D eigenvalue weighted by molar-refractivity contribution is -0.0608. The van der Waals surface area contributed by atoms with E-state index in [1.54, 1.807) is 6.20 Å². The van der Waals surface area contributed by atoms with Gasteiger partial charge in [0.2, 0.25) is 0 Å². The molecule has 0 bridgehead atoms. The first kappa shape index (κ1) is 19.7. The Balaban J connectivity index is 1.54. The van der Waals surface area contributed by atoms with Gasteiger partial charge in [0.25, 0.3) is 5.91 Å². The Hall–Kier alpha value is -2.01. The zero-order valence-corrected chi connectivity index (χ0v) is 15.9. The van der Waals surface area contributed by atoms with Crippen LogP contribution >= 0.6 is 22.7 Å². The predicted octanol–water partition coefficient (Wildman–Crippen LogP) is 3.92. The van der Waals surface area contributed by atoms with Crippen LogP contribution in [0.4, 0.5) is 13.2 Å². The molecule has 2 aromatic rings. The number of aromatic nitrogens is 2. The van der Waals surface area contributed by atoms with Crippen molar-refractivity contribution in [3.05, 3.63) is 22.1 Å². The van der Waals surface area contributed by atoms with E-state index in [4.69, 9.17) is 5.84 Å². The highest BCUT2D eigenvalue weighted by atomic mass is 32.1. The molecule has 11 heteroatoms. The van der Waals surface area contributed by atoms with E-state index in [1.807, 2.05) is 5.38 Å². The molecule has 1 aliphatic rings. The van der Waals surface area contributed by atoms with Gasteiger partial charge in [-0.25, -0.2) is 9.97 Å². The van der Waals surface area contributed by atoms with Crippen molar-refractivity contribution >= 4 is 34.3 Å². The highest BCUT2D eigenvalue weighted by Gasteiger charge is 2.35. The van der Waals surface area contributed by atoms with Crippen molar-refractivity contribution in [1.82, 2.24) is 15.3 Å². The van der Waals surface area contributed by atoms with Gasteiger partial charge in [0.15, 0.2) is 10.0 Å². The summed E-state index contributed by atoms with van der Waals surface area (Å²) < 4.78 is 37.6. The number of unbranched alkanes of at least 4 members (excludes halogenated alkanes) is 1. The number of carbonyl (C=O) groups is 1. The fraction of sp³-hybridized carbons (Fsp3) is 0.500. The molecule has 146 valence electrons. The summed E-state index contributed by atoms with van der Waals surface area (Å²) in [5, 5.41) is 8.90. The average molecular weight is 417 g/mol. The van der Waals surface area contributed by atoms with Gasteiger partial charge in [0, 0.05) is 23.0 Å². The summed E-state index contributed by atoms with van der Waals surface area (Å²) in [7, 11) is 0. The molecular weight excluding hydrogens is 399 g/mol. The summed E-state index contributed by atoms with van der Waals surface area (Å²) in [6.07, 6.45) is -0.386. The van der Waals surface area contributed by atoms with Gasteiger partial charge in [0.05, 0.1) is 0 Å². The lowest BCUT2D eigenvalue weighted by Crippen LogP contribution is -2.27. The summed E-state index contributed by atoms with van der Waals surface area (Å²) in [4.78, 5) is 22.1. The van der Waals surface area contributed by atoms with E-state index in [9.17, 15) is 18.0 Å². The maximum Gasteiger partial charge on any atom is 0.431 e. The second-order valence-corrected chi connectivity index (χ2v) is 8.06. The molecule has 0 saturated heterocycles. The summed E-state index contributed by atoms with van der Waals surface area (Å²) in [5.74, 6) is 4.85. The minimum atomic E-state index is -4.51. The smallest absolute Gasteiger partial charge is 0.351 e. The number of hydrogen-bond acceptors (Lipinski definition) is 7. The predicted molar refractivity (Wildman–Crippen MR) is 99.1 cm³/mol. The number of alkyl halides is 3. The van der Waals surface area contributed by atoms with Crippen LogP contribution in [0, 0.1) is 0 Å². The maximum atomic E-state index is 12.5. The van der Waals surface area contributed by atoms with E-state index in [1.165, 1.54) is 22.7 Å². The highest BCUT2D eigenvalue weighted by Crippen LogP contribution is 2.46. The van der Waals surface area contributed by atoms with E-state index >= 15 is 0 Å². The lowest BCUT2D eigenvalue weighted by Gasteiger charge is -2.09. The van der Waals surface area contributed by atoms with Crippen LogP contribution in [0.25, 0.3) is 10.0 Å². The molecule has 0 atom stereocenters.